The van der Waals surface area contributed by atoms with E-state index in [1.165, 1.54) is 11.1 Å². The molecule has 1 aliphatic heterocycles. The van der Waals surface area contributed by atoms with Crippen molar-refractivity contribution < 1.29 is 22.3 Å². The third kappa shape index (κ3) is 5.36. The van der Waals surface area contributed by atoms with Gasteiger partial charge in [0.05, 0.1) is 18.8 Å². The molecule has 2 atom stereocenters. The first-order valence-electron chi connectivity index (χ1n) is 10.3. The molecule has 28 heavy (non-hydrogen) atoms. The number of benzene rings is 2. The third-order valence-electron chi connectivity index (χ3n) is 5.82. The van der Waals surface area contributed by atoms with Crippen LogP contribution in [-0.4, -0.2) is 42.9 Å². The zero-order valence-electron chi connectivity index (χ0n) is 17.1. The highest BCUT2D eigenvalue weighted by Gasteiger charge is 2.39. The quantitative estimate of drug-likeness (QED) is 0.723. The number of hydrogen-bond acceptors (Lipinski definition) is 3. The molecule has 0 saturated carbocycles. The summed E-state index contributed by atoms with van der Waals surface area (Å²) < 4.78 is 5.53. The van der Waals surface area contributed by atoms with Crippen molar-refractivity contribution in [1.29, 1.82) is 0 Å². The zero-order chi connectivity index (χ0) is 19.1. The Morgan fingerprint density at radius 1 is 1.00 bits per heavy atom. The lowest BCUT2D eigenvalue weighted by Gasteiger charge is -2.41. The summed E-state index contributed by atoms with van der Waals surface area (Å²) in [5.74, 6) is 0.0317. The van der Waals surface area contributed by atoms with Crippen molar-refractivity contribution in [2.24, 2.45) is 0 Å². The summed E-state index contributed by atoms with van der Waals surface area (Å²) in [7, 11) is 0. The molecular weight excluding hydrogens is 370 g/mol. The van der Waals surface area contributed by atoms with E-state index in [-0.39, 0.29) is 18.3 Å². The molecule has 1 fully saturated rings. The van der Waals surface area contributed by atoms with E-state index in [4.69, 9.17) is 4.74 Å². The largest absolute Gasteiger partial charge is 1.00 e. The Kier molecular flexibility index (Phi) is 8.97. The monoisotopic (exact) mass is 402 g/mol. The predicted octanol–water partition coefficient (Wildman–Crippen LogP) is 1.36. The van der Waals surface area contributed by atoms with Crippen molar-refractivity contribution in [3.63, 3.8) is 0 Å². The highest BCUT2D eigenvalue weighted by molar-refractivity contribution is 5.33. The number of hydrogen-bond donors (Lipinski definition) is 1. The molecule has 0 spiro atoms. The molecule has 3 rings (SSSR count). The van der Waals surface area contributed by atoms with E-state index in [9.17, 15) is 5.11 Å². The molecule has 1 heterocycles. The van der Waals surface area contributed by atoms with Crippen LogP contribution < -0.4 is 12.4 Å². The Bertz CT molecular complexity index is 686. The Morgan fingerprint density at radius 3 is 2.21 bits per heavy atom. The molecule has 0 bridgehead atoms. The van der Waals surface area contributed by atoms with Crippen LogP contribution in [0.5, 0.6) is 0 Å². The van der Waals surface area contributed by atoms with Crippen LogP contribution in [0, 0.1) is 0 Å². The number of aryl methyl sites for hydroxylation is 1. The van der Waals surface area contributed by atoms with Gasteiger partial charge in [-0.1, -0.05) is 74.9 Å². The van der Waals surface area contributed by atoms with Gasteiger partial charge in [0.15, 0.2) is 0 Å². The topological polar surface area (TPSA) is 32.7 Å². The lowest BCUT2D eigenvalue weighted by Crippen LogP contribution is -3.00. The van der Waals surface area contributed by atoms with E-state index in [0.29, 0.717) is 0 Å². The molecule has 0 amide bonds. The first-order valence-corrected chi connectivity index (χ1v) is 10.3. The number of nitrogens with zero attached hydrogens (tertiary/aromatic N) is 1. The van der Waals surface area contributed by atoms with Crippen LogP contribution in [0.1, 0.15) is 49.3 Å². The minimum atomic E-state index is -0.874. The minimum absolute atomic E-state index is 0. The van der Waals surface area contributed by atoms with Gasteiger partial charge in [-0.3, -0.25) is 4.90 Å². The van der Waals surface area contributed by atoms with Crippen LogP contribution in [0.15, 0.2) is 54.6 Å². The number of rotatable bonds is 8. The SMILES string of the molecule is CCCC(O)(c1ccc(CC)cc1)C(CN1CCOCC1)c1ccccc1.[Cl-]. The highest BCUT2D eigenvalue weighted by Crippen LogP contribution is 2.41. The average Bonchev–Trinajstić information content (AvgIpc) is 2.73. The Hall–Kier alpha value is -1.39. The van der Waals surface area contributed by atoms with Gasteiger partial charge in [0.1, 0.15) is 0 Å². The standard InChI is InChI=1S/C24H33NO2.ClH/c1-3-14-24(26,22-12-10-20(4-2)11-13-22)23(21-8-6-5-7-9-21)19-25-15-17-27-18-16-25;/h5-13,23,26H,3-4,14-19H2,1-2H3;1H/p-1. The molecule has 4 heteroatoms. The second-order valence-corrected chi connectivity index (χ2v) is 7.60. The average molecular weight is 403 g/mol. The molecule has 0 radical (unpaired) electrons. The van der Waals surface area contributed by atoms with Gasteiger partial charge >= 0.3 is 0 Å². The van der Waals surface area contributed by atoms with Gasteiger partial charge in [0, 0.05) is 25.6 Å². The molecule has 1 aliphatic rings. The fraction of sp³-hybridized carbons (Fsp3) is 0.500. The van der Waals surface area contributed by atoms with Crippen LogP contribution in [-0.2, 0) is 16.8 Å². The third-order valence-corrected chi connectivity index (χ3v) is 5.82. The maximum absolute atomic E-state index is 12.0. The Labute approximate surface area is 176 Å². The van der Waals surface area contributed by atoms with Gasteiger partial charge in [0.25, 0.3) is 0 Å². The molecule has 2 aromatic rings. The first-order chi connectivity index (χ1) is 13.2. The molecule has 2 unspecified atom stereocenters. The van der Waals surface area contributed by atoms with E-state index >= 15 is 0 Å². The number of halogens is 1. The fourth-order valence-corrected chi connectivity index (χ4v) is 4.19. The van der Waals surface area contributed by atoms with Gasteiger partial charge in [-0.15, -0.1) is 0 Å². The molecule has 0 aliphatic carbocycles. The van der Waals surface area contributed by atoms with E-state index in [2.05, 4.69) is 67.3 Å². The molecule has 2 aromatic carbocycles. The van der Waals surface area contributed by atoms with Crippen LogP contribution in [0.25, 0.3) is 0 Å². The van der Waals surface area contributed by atoms with Gasteiger partial charge in [0.2, 0.25) is 0 Å². The number of morpholine rings is 1. The maximum Gasteiger partial charge on any atom is 0.0976 e. The highest BCUT2D eigenvalue weighted by atomic mass is 35.5. The van der Waals surface area contributed by atoms with Crippen LogP contribution in [0.3, 0.4) is 0 Å². The summed E-state index contributed by atoms with van der Waals surface area (Å²) >= 11 is 0. The van der Waals surface area contributed by atoms with Gasteiger partial charge in [-0.05, 0) is 29.5 Å². The van der Waals surface area contributed by atoms with E-state index in [0.717, 1.165) is 57.7 Å². The van der Waals surface area contributed by atoms with Gasteiger partial charge < -0.3 is 22.3 Å². The molecule has 1 N–H and O–H groups in total. The van der Waals surface area contributed by atoms with Gasteiger partial charge in [-0.2, -0.15) is 0 Å². The van der Waals surface area contributed by atoms with Crippen LogP contribution >= 0.6 is 0 Å². The van der Waals surface area contributed by atoms with Crippen LogP contribution in [0.4, 0.5) is 0 Å². The summed E-state index contributed by atoms with van der Waals surface area (Å²) in [6.07, 6.45) is 2.71. The van der Waals surface area contributed by atoms with Gasteiger partial charge in [-0.25, -0.2) is 0 Å². The number of aliphatic hydroxyl groups is 1. The Balaban J connectivity index is 0.00000280. The van der Waals surface area contributed by atoms with E-state index in [1.54, 1.807) is 0 Å². The molecular formula is C24H33ClNO2-. The van der Waals surface area contributed by atoms with Crippen LogP contribution in [0.2, 0.25) is 0 Å². The summed E-state index contributed by atoms with van der Waals surface area (Å²) in [4.78, 5) is 2.43. The normalized spacial score (nSPS) is 18.1. The lowest BCUT2D eigenvalue weighted by atomic mass is 9.74. The summed E-state index contributed by atoms with van der Waals surface area (Å²) in [6, 6.07) is 19.1. The predicted molar refractivity (Wildman–Crippen MR) is 111 cm³/mol. The van der Waals surface area contributed by atoms with Crippen molar-refractivity contribution in [1.82, 2.24) is 4.90 Å². The number of ether oxygens (including phenoxy) is 1. The maximum atomic E-state index is 12.0. The summed E-state index contributed by atoms with van der Waals surface area (Å²) in [6.45, 7) is 8.58. The van der Waals surface area contributed by atoms with E-state index < -0.39 is 5.60 Å². The van der Waals surface area contributed by atoms with E-state index in [1.807, 2.05) is 6.07 Å². The Morgan fingerprint density at radius 2 is 1.64 bits per heavy atom. The smallest absolute Gasteiger partial charge is 0.0976 e. The molecule has 1 saturated heterocycles. The first kappa shape index (κ1) is 22.9. The minimum Gasteiger partial charge on any atom is -1.00 e. The van der Waals surface area contributed by atoms with Crippen molar-refractivity contribution in [2.75, 3.05) is 32.8 Å². The summed E-state index contributed by atoms with van der Waals surface area (Å²) in [5.41, 5.74) is 2.67. The molecule has 0 aromatic heterocycles. The van der Waals surface area contributed by atoms with Crippen molar-refractivity contribution in [3.8, 4) is 0 Å². The molecule has 154 valence electrons. The van der Waals surface area contributed by atoms with Crippen molar-refractivity contribution >= 4 is 0 Å². The second kappa shape index (κ2) is 11.0. The van der Waals surface area contributed by atoms with Crippen molar-refractivity contribution in [2.45, 2.75) is 44.6 Å². The second-order valence-electron chi connectivity index (χ2n) is 7.60. The summed E-state index contributed by atoms with van der Waals surface area (Å²) in [5, 5.41) is 12.0. The fourth-order valence-electron chi connectivity index (χ4n) is 4.19. The molecule has 3 nitrogen and oxygen atoms in total. The lowest BCUT2D eigenvalue weighted by molar-refractivity contribution is -0.0285. The zero-order valence-corrected chi connectivity index (χ0v) is 17.9. The van der Waals surface area contributed by atoms with Crippen molar-refractivity contribution in [3.05, 3.63) is 71.3 Å².